The standard InChI is InChI=1S/C17H16N4/c1-11-4-6-18-14(8-11)15-10-13(3)20-17(21-15)16-9-12(2)5-7-19-16/h4-10H,1-3H3. The van der Waals surface area contributed by atoms with E-state index >= 15 is 0 Å². The Bertz CT molecular complexity index is 733. The van der Waals surface area contributed by atoms with Gasteiger partial charge < -0.3 is 0 Å². The predicted octanol–water partition coefficient (Wildman–Crippen LogP) is 3.53. The van der Waals surface area contributed by atoms with E-state index < -0.39 is 0 Å². The van der Waals surface area contributed by atoms with E-state index in [1.807, 2.05) is 51.1 Å². The summed E-state index contributed by atoms with van der Waals surface area (Å²) >= 11 is 0. The number of pyridine rings is 2. The third kappa shape index (κ3) is 2.94. The van der Waals surface area contributed by atoms with Crippen molar-refractivity contribution >= 4 is 0 Å². The molecule has 0 aliphatic carbocycles. The summed E-state index contributed by atoms with van der Waals surface area (Å²) < 4.78 is 0. The summed E-state index contributed by atoms with van der Waals surface area (Å²) in [5, 5.41) is 0. The average Bonchev–Trinajstić information content (AvgIpc) is 2.46. The lowest BCUT2D eigenvalue weighted by Gasteiger charge is -2.06. The molecular formula is C17H16N4. The van der Waals surface area contributed by atoms with Gasteiger partial charge in [-0.25, -0.2) is 9.97 Å². The predicted molar refractivity (Wildman–Crippen MR) is 82.7 cm³/mol. The highest BCUT2D eigenvalue weighted by Crippen LogP contribution is 2.20. The van der Waals surface area contributed by atoms with Crippen LogP contribution in [0.4, 0.5) is 0 Å². The van der Waals surface area contributed by atoms with Crippen molar-refractivity contribution in [3.8, 4) is 22.9 Å². The molecule has 3 aromatic rings. The molecule has 4 nitrogen and oxygen atoms in total. The maximum absolute atomic E-state index is 4.62. The zero-order valence-corrected chi connectivity index (χ0v) is 12.3. The molecule has 0 saturated carbocycles. The number of nitrogens with zero attached hydrogens (tertiary/aromatic N) is 4. The molecular weight excluding hydrogens is 260 g/mol. The third-order valence-corrected chi connectivity index (χ3v) is 3.18. The number of hydrogen-bond donors (Lipinski definition) is 0. The Morgan fingerprint density at radius 1 is 0.667 bits per heavy atom. The zero-order chi connectivity index (χ0) is 14.8. The quantitative estimate of drug-likeness (QED) is 0.718. The van der Waals surface area contributed by atoms with Gasteiger partial charge >= 0.3 is 0 Å². The van der Waals surface area contributed by atoms with Crippen LogP contribution in [0.3, 0.4) is 0 Å². The molecule has 21 heavy (non-hydrogen) atoms. The van der Waals surface area contributed by atoms with E-state index in [0.29, 0.717) is 5.82 Å². The van der Waals surface area contributed by atoms with Crippen molar-refractivity contribution in [3.05, 3.63) is 59.5 Å². The van der Waals surface area contributed by atoms with E-state index in [1.165, 1.54) is 0 Å². The maximum atomic E-state index is 4.62. The van der Waals surface area contributed by atoms with Gasteiger partial charge in [-0.1, -0.05) is 0 Å². The van der Waals surface area contributed by atoms with Gasteiger partial charge in [0, 0.05) is 18.1 Å². The second kappa shape index (κ2) is 5.40. The molecule has 3 aromatic heterocycles. The minimum absolute atomic E-state index is 0.636. The molecule has 0 aliphatic rings. The average molecular weight is 276 g/mol. The van der Waals surface area contributed by atoms with Crippen molar-refractivity contribution in [2.24, 2.45) is 0 Å². The fourth-order valence-electron chi connectivity index (χ4n) is 2.15. The van der Waals surface area contributed by atoms with E-state index in [-0.39, 0.29) is 0 Å². The highest BCUT2D eigenvalue weighted by Gasteiger charge is 2.09. The van der Waals surface area contributed by atoms with E-state index in [4.69, 9.17) is 0 Å². The molecule has 0 radical (unpaired) electrons. The molecule has 0 spiro atoms. The first kappa shape index (κ1) is 13.4. The minimum atomic E-state index is 0.636. The van der Waals surface area contributed by atoms with Crippen molar-refractivity contribution < 1.29 is 0 Å². The molecule has 0 fully saturated rings. The summed E-state index contributed by atoms with van der Waals surface area (Å²) in [5.41, 5.74) is 5.67. The van der Waals surface area contributed by atoms with Crippen LogP contribution in [-0.2, 0) is 0 Å². The van der Waals surface area contributed by atoms with Gasteiger partial charge in [0.05, 0.1) is 11.4 Å². The van der Waals surface area contributed by atoms with Gasteiger partial charge in [-0.15, -0.1) is 0 Å². The Morgan fingerprint density at radius 2 is 1.29 bits per heavy atom. The van der Waals surface area contributed by atoms with Gasteiger partial charge in [-0.2, -0.15) is 0 Å². The fraction of sp³-hybridized carbons (Fsp3) is 0.176. The van der Waals surface area contributed by atoms with Gasteiger partial charge in [0.2, 0.25) is 0 Å². The SMILES string of the molecule is Cc1ccnc(-c2cc(C)nc(-c3cc(C)ccn3)n2)c1. The lowest BCUT2D eigenvalue weighted by molar-refractivity contribution is 1.08. The number of rotatable bonds is 2. The fourth-order valence-corrected chi connectivity index (χ4v) is 2.15. The van der Waals surface area contributed by atoms with Gasteiger partial charge in [-0.05, 0) is 62.2 Å². The first-order valence-corrected chi connectivity index (χ1v) is 6.83. The van der Waals surface area contributed by atoms with Crippen LogP contribution < -0.4 is 0 Å². The van der Waals surface area contributed by atoms with Crippen molar-refractivity contribution in [2.45, 2.75) is 20.8 Å². The van der Waals surface area contributed by atoms with Crippen LogP contribution in [0.5, 0.6) is 0 Å². The van der Waals surface area contributed by atoms with Crippen molar-refractivity contribution in [2.75, 3.05) is 0 Å². The largest absolute Gasteiger partial charge is 0.255 e. The number of hydrogen-bond acceptors (Lipinski definition) is 4. The van der Waals surface area contributed by atoms with Crippen LogP contribution in [0, 0.1) is 20.8 Å². The maximum Gasteiger partial charge on any atom is 0.179 e. The molecule has 0 aromatic carbocycles. The molecule has 4 heteroatoms. The Labute approximate surface area is 124 Å². The number of aryl methyl sites for hydroxylation is 3. The van der Waals surface area contributed by atoms with Crippen molar-refractivity contribution in [1.82, 2.24) is 19.9 Å². The molecule has 0 unspecified atom stereocenters. The summed E-state index contributed by atoms with van der Waals surface area (Å²) in [7, 11) is 0. The molecule has 0 bridgehead atoms. The Morgan fingerprint density at radius 3 is 1.95 bits per heavy atom. The summed E-state index contributed by atoms with van der Waals surface area (Å²) in [5.74, 6) is 0.636. The van der Waals surface area contributed by atoms with Gasteiger partial charge in [0.15, 0.2) is 5.82 Å². The third-order valence-electron chi connectivity index (χ3n) is 3.18. The van der Waals surface area contributed by atoms with Crippen molar-refractivity contribution in [3.63, 3.8) is 0 Å². The van der Waals surface area contributed by atoms with E-state index in [0.717, 1.165) is 33.9 Å². The smallest absolute Gasteiger partial charge is 0.179 e. The van der Waals surface area contributed by atoms with Gasteiger partial charge in [0.25, 0.3) is 0 Å². The van der Waals surface area contributed by atoms with Crippen LogP contribution in [-0.4, -0.2) is 19.9 Å². The molecule has 3 rings (SSSR count). The van der Waals surface area contributed by atoms with Gasteiger partial charge in [-0.3, -0.25) is 9.97 Å². The first-order chi connectivity index (χ1) is 10.1. The molecule has 3 heterocycles. The summed E-state index contributed by atoms with van der Waals surface area (Å²) in [6.45, 7) is 6.03. The molecule has 0 amide bonds. The second-order valence-electron chi connectivity index (χ2n) is 5.16. The van der Waals surface area contributed by atoms with Crippen LogP contribution in [0.2, 0.25) is 0 Å². The van der Waals surface area contributed by atoms with Gasteiger partial charge in [0.1, 0.15) is 5.69 Å². The zero-order valence-electron chi connectivity index (χ0n) is 12.3. The first-order valence-electron chi connectivity index (χ1n) is 6.83. The molecule has 104 valence electrons. The summed E-state index contributed by atoms with van der Waals surface area (Å²) in [6.07, 6.45) is 3.58. The summed E-state index contributed by atoms with van der Waals surface area (Å²) in [4.78, 5) is 17.9. The second-order valence-corrected chi connectivity index (χ2v) is 5.16. The van der Waals surface area contributed by atoms with E-state index in [1.54, 1.807) is 12.4 Å². The van der Waals surface area contributed by atoms with Crippen LogP contribution >= 0.6 is 0 Å². The Kier molecular flexibility index (Phi) is 3.44. The van der Waals surface area contributed by atoms with E-state index in [2.05, 4.69) is 19.9 Å². The topological polar surface area (TPSA) is 51.6 Å². The molecule has 0 aliphatic heterocycles. The highest BCUT2D eigenvalue weighted by atomic mass is 14.9. The Balaban J connectivity index is 2.12. The van der Waals surface area contributed by atoms with Crippen LogP contribution in [0.1, 0.15) is 16.8 Å². The van der Waals surface area contributed by atoms with Crippen LogP contribution in [0.25, 0.3) is 22.9 Å². The monoisotopic (exact) mass is 276 g/mol. The normalized spacial score (nSPS) is 10.6. The molecule has 0 saturated heterocycles. The lowest BCUT2D eigenvalue weighted by Crippen LogP contribution is -1.98. The Hall–Kier alpha value is -2.62. The molecule has 0 atom stereocenters. The van der Waals surface area contributed by atoms with E-state index in [9.17, 15) is 0 Å². The minimum Gasteiger partial charge on any atom is -0.255 e. The highest BCUT2D eigenvalue weighted by molar-refractivity contribution is 5.60. The lowest BCUT2D eigenvalue weighted by atomic mass is 10.2. The summed E-state index contributed by atoms with van der Waals surface area (Å²) in [6, 6.07) is 9.89. The van der Waals surface area contributed by atoms with Crippen molar-refractivity contribution in [1.29, 1.82) is 0 Å². The molecule has 0 N–H and O–H groups in total. The number of aromatic nitrogens is 4. The van der Waals surface area contributed by atoms with Crippen LogP contribution in [0.15, 0.2) is 42.7 Å².